The lowest BCUT2D eigenvalue weighted by Crippen LogP contribution is -2.21. The highest BCUT2D eigenvalue weighted by molar-refractivity contribution is 5.77. The van der Waals surface area contributed by atoms with Gasteiger partial charge in [-0.1, -0.05) is 27.7 Å². The van der Waals surface area contributed by atoms with E-state index in [1.807, 2.05) is 20.8 Å². The van der Waals surface area contributed by atoms with Crippen LogP contribution < -0.4 is 0 Å². The van der Waals surface area contributed by atoms with Gasteiger partial charge in [0.2, 0.25) is 0 Å². The second kappa shape index (κ2) is 6.03. The first kappa shape index (κ1) is 14.7. The number of rotatable bonds is 5. The van der Waals surface area contributed by atoms with Crippen LogP contribution in [0.3, 0.4) is 0 Å². The number of methoxy groups -OCH3 is 1. The Morgan fingerprint density at radius 3 is 2.39 bits per heavy atom. The standard InChI is InChI=1S/C14H24N2O2/c1-8(2)7-11-10(5)15-13(16-11)12(9(3)4)14(17)18-6/h8-9,12H,7H2,1-6H3,(H,15,16). The van der Waals surface area contributed by atoms with Crippen LogP contribution in [0.5, 0.6) is 0 Å². The van der Waals surface area contributed by atoms with Gasteiger partial charge in [-0.05, 0) is 25.2 Å². The van der Waals surface area contributed by atoms with Crippen molar-refractivity contribution in [3.63, 3.8) is 0 Å². The van der Waals surface area contributed by atoms with Gasteiger partial charge in [0.15, 0.2) is 0 Å². The summed E-state index contributed by atoms with van der Waals surface area (Å²) in [5, 5.41) is 0. The van der Waals surface area contributed by atoms with Gasteiger partial charge < -0.3 is 9.72 Å². The molecule has 1 heterocycles. The molecule has 0 amide bonds. The molecule has 0 saturated carbocycles. The predicted octanol–water partition coefficient (Wildman–Crippen LogP) is 2.83. The van der Waals surface area contributed by atoms with Crippen LogP contribution >= 0.6 is 0 Å². The molecule has 0 radical (unpaired) electrons. The molecule has 1 rings (SSSR count). The van der Waals surface area contributed by atoms with Crippen LogP contribution in [-0.2, 0) is 16.0 Å². The summed E-state index contributed by atoms with van der Waals surface area (Å²) in [6.07, 6.45) is 0.925. The molecule has 0 fully saturated rings. The molecule has 18 heavy (non-hydrogen) atoms. The third-order valence-corrected chi connectivity index (χ3v) is 3.02. The number of hydrogen-bond donors (Lipinski definition) is 1. The third-order valence-electron chi connectivity index (χ3n) is 3.02. The van der Waals surface area contributed by atoms with E-state index in [1.54, 1.807) is 0 Å². The number of aryl methyl sites for hydroxylation is 1. The van der Waals surface area contributed by atoms with Gasteiger partial charge in [0, 0.05) is 5.69 Å². The van der Waals surface area contributed by atoms with Crippen molar-refractivity contribution in [1.29, 1.82) is 0 Å². The lowest BCUT2D eigenvalue weighted by Gasteiger charge is -2.15. The molecule has 4 heteroatoms. The van der Waals surface area contributed by atoms with Crippen LogP contribution in [0, 0.1) is 18.8 Å². The Morgan fingerprint density at radius 2 is 1.94 bits per heavy atom. The van der Waals surface area contributed by atoms with Gasteiger partial charge in [-0.3, -0.25) is 4.79 Å². The Kier molecular flexibility index (Phi) is 4.93. The Balaban J connectivity index is 3.03. The van der Waals surface area contributed by atoms with Crippen molar-refractivity contribution >= 4 is 5.97 Å². The van der Waals surface area contributed by atoms with Crippen LogP contribution in [0.25, 0.3) is 0 Å². The minimum absolute atomic E-state index is 0.162. The van der Waals surface area contributed by atoms with Crippen molar-refractivity contribution in [2.75, 3.05) is 7.11 Å². The van der Waals surface area contributed by atoms with E-state index in [0.29, 0.717) is 5.92 Å². The number of ether oxygens (including phenoxy) is 1. The summed E-state index contributed by atoms with van der Waals surface area (Å²) >= 11 is 0. The second-order valence-corrected chi connectivity index (χ2v) is 5.54. The second-order valence-electron chi connectivity index (χ2n) is 5.54. The maximum atomic E-state index is 11.8. The van der Waals surface area contributed by atoms with Gasteiger partial charge in [-0.15, -0.1) is 0 Å². The molecule has 1 aromatic heterocycles. The summed E-state index contributed by atoms with van der Waals surface area (Å²) in [5.74, 6) is 0.903. The van der Waals surface area contributed by atoms with Gasteiger partial charge in [0.25, 0.3) is 0 Å². The average molecular weight is 252 g/mol. The highest BCUT2D eigenvalue weighted by Gasteiger charge is 2.28. The van der Waals surface area contributed by atoms with Crippen LogP contribution in [0.15, 0.2) is 0 Å². The first-order valence-electron chi connectivity index (χ1n) is 6.50. The fourth-order valence-electron chi connectivity index (χ4n) is 2.08. The molecule has 0 bridgehead atoms. The highest BCUT2D eigenvalue weighted by Crippen LogP contribution is 2.25. The van der Waals surface area contributed by atoms with Gasteiger partial charge >= 0.3 is 5.97 Å². The molecule has 0 aromatic carbocycles. The summed E-state index contributed by atoms with van der Waals surface area (Å²) < 4.78 is 4.86. The van der Waals surface area contributed by atoms with Crippen molar-refractivity contribution in [2.45, 2.75) is 47.0 Å². The molecule has 1 N–H and O–H groups in total. The largest absolute Gasteiger partial charge is 0.468 e. The molecular formula is C14H24N2O2. The fourth-order valence-corrected chi connectivity index (χ4v) is 2.08. The van der Waals surface area contributed by atoms with Gasteiger partial charge in [-0.25, -0.2) is 4.98 Å². The van der Waals surface area contributed by atoms with E-state index in [2.05, 4.69) is 23.8 Å². The molecule has 1 unspecified atom stereocenters. The smallest absolute Gasteiger partial charge is 0.316 e. The molecule has 102 valence electrons. The Bertz CT molecular complexity index is 408. The zero-order valence-electron chi connectivity index (χ0n) is 12.2. The number of nitrogens with one attached hydrogen (secondary N) is 1. The highest BCUT2D eigenvalue weighted by atomic mass is 16.5. The lowest BCUT2D eigenvalue weighted by molar-refractivity contribution is -0.143. The van der Waals surface area contributed by atoms with Crippen LogP contribution in [0.1, 0.15) is 50.8 Å². The number of esters is 1. The van der Waals surface area contributed by atoms with E-state index in [9.17, 15) is 4.79 Å². The van der Waals surface area contributed by atoms with E-state index >= 15 is 0 Å². The van der Waals surface area contributed by atoms with Crippen molar-refractivity contribution < 1.29 is 9.53 Å². The summed E-state index contributed by atoms with van der Waals surface area (Å²) in [5.41, 5.74) is 2.10. The maximum Gasteiger partial charge on any atom is 0.316 e. The zero-order chi connectivity index (χ0) is 13.9. The number of aromatic amines is 1. The Labute approximate surface area is 109 Å². The molecule has 1 atom stereocenters. The van der Waals surface area contributed by atoms with Gasteiger partial charge in [-0.2, -0.15) is 0 Å². The number of hydrogen-bond acceptors (Lipinski definition) is 3. The molecule has 1 aromatic rings. The number of carbonyl (C=O) groups excluding carboxylic acids is 1. The van der Waals surface area contributed by atoms with Crippen LogP contribution in [0.4, 0.5) is 0 Å². The first-order chi connectivity index (χ1) is 8.36. The van der Waals surface area contributed by atoms with E-state index in [-0.39, 0.29) is 17.8 Å². The summed E-state index contributed by atoms with van der Waals surface area (Å²) in [7, 11) is 1.42. The molecule has 0 aliphatic heterocycles. The van der Waals surface area contributed by atoms with E-state index in [0.717, 1.165) is 23.6 Å². The molecule has 0 aliphatic carbocycles. The molecular weight excluding hydrogens is 228 g/mol. The number of aromatic nitrogens is 2. The topological polar surface area (TPSA) is 55.0 Å². The number of nitrogens with zero attached hydrogens (tertiary/aromatic N) is 1. The summed E-state index contributed by atoms with van der Waals surface area (Å²) in [4.78, 5) is 19.6. The quantitative estimate of drug-likeness (QED) is 0.820. The van der Waals surface area contributed by atoms with Crippen LogP contribution in [-0.4, -0.2) is 23.0 Å². The minimum atomic E-state index is -0.311. The summed E-state index contributed by atoms with van der Waals surface area (Å²) in [6.45, 7) is 10.3. The van der Waals surface area contributed by atoms with Gasteiger partial charge in [0.05, 0.1) is 12.8 Å². The average Bonchev–Trinajstić information content (AvgIpc) is 2.58. The zero-order valence-corrected chi connectivity index (χ0v) is 12.2. The molecule has 0 aliphatic rings. The first-order valence-corrected chi connectivity index (χ1v) is 6.50. The third kappa shape index (κ3) is 3.34. The fraction of sp³-hybridized carbons (Fsp3) is 0.714. The minimum Gasteiger partial charge on any atom is -0.468 e. The SMILES string of the molecule is COC(=O)C(c1nc(CC(C)C)c(C)[nH]1)C(C)C. The van der Waals surface area contributed by atoms with Crippen molar-refractivity contribution in [3.05, 3.63) is 17.2 Å². The predicted molar refractivity (Wildman–Crippen MR) is 71.5 cm³/mol. The van der Waals surface area contributed by atoms with Crippen molar-refractivity contribution in [1.82, 2.24) is 9.97 Å². The summed E-state index contributed by atoms with van der Waals surface area (Å²) in [6, 6.07) is 0. The lowest BCUT2D eigenvalue weighted by atomic mass is 9.95. The van der Waals surface area contributed by atoms with E-state index in [1.165, 1.54) is 7.11 Å². The Morgan fingerprint density at radius 1 is 1.33 bits per heavy atom. The number of imidazole rings is 1. The van der Waals surface area contributed by atoms with E-state index < -0.39 is 0 Å². The number of H-pyrrole nitrogens is 1. The molecule has 0 spiro atoms. The van der Waals surface area contributed by atoms with E-state index in [4.69, 9.17) is 4.74 Å². The maximum absolute atomic E-state index is 11.8. The van der Waals surface area contributed by atoms with Crippen LogP contribution in [0.2, 0.25) is 0 Å². The Hall–Kier alpha value is -1.32. The molecule has 4 nitrogen and oxygen atoms in total. The van der Waals surface area contributed by atoms with Crippen molar-refractivity contribution in [3.8, 4) is 0 Å². The van der Waals surface area contributed by atoms with Gasteiger partial charge in [0.1, 0.15) is 11.7 Å². The van der Waals surface area contributed by atoms with Crippen molar-refractivity contribution in [2.24, 2.45) is 11.8 Å². The number of carbonyl (C=O) groups is 1. The normalized spacial score (nSPS) is 13.1. The monoisotopic (exact) mass is 252 g/mol. The molecule has 0 saturated heterocycles.